The summed E-state index contributed by atoms with van der Waals surface area (Å²) in [5, 5.41) is 5.87. The second-order valence-electron chi connectivity index (χ2n) is 7.29. The molecule has 0 saturated carbocycles. The van der Waals surface area contributed by atoms with Crippen LogP contribution in [0.4, 0.5) is 11.6 Å². The van der Waals surface area contributed by atoms with Crippen LogP contribution in [0.2, 0.25) is 0 Å². The van der Waals surface area contributed by atoms with Crippen LogP contribution in [0.25, 0.3) is 0 Å². The zero-order chi connectivity index (χ0) is 20.1. The maximum atomic E-state index is 12.3. The first kappa shape index (κ1) is 19.5. The number of aryl methyl sites for hydroxylation is 1. The molecule has 3 heterocycles. The van der Waals surface area contributed by atoms with Gasteiger partial charge in [-0.15, -0.1) is 11.3 Å². The van der Waals surface area contributed by atoms with Crippen molar-refractivity contribution >= 4 is 28.9 Å². The summed E-state index contributed by atoms with van der Waals surface area (Å²) in [6, 6.07) is 9.66. The van der Waals surface area contributed by atoms with Gasteiger partial charge in [-0.2, -0.15) is 0 Å². The molecule has 0 spiro atoms. The van der Waals surface area contributed by atoms with E-state index < -0.39 is 0 Å². The lowest BCUT2D eigenvalue weighted by molar-refractivity contribution is -0.914. The largest absolute Gasteiger partial charge is 0.330 e. The number of anilines is 2. The van der Waals surface area contributed by atoms with Crippen molar-refractivity contribution in [2.75, 3.05) is 36.4 Å². The molecule has 1 aliphatic rings. The molecule has 1 aromatic carbocycles. The molecule has 4 rings (SSSR count). The van der Waals surface area contributed by atoms with Gasteiger partial charge in [0.15, 0.2) is 0 Å². The molecule has 1 aliphatic heterocycles. The van der Waals surface area contributed by atoms with Crippen LogP contribution >= 0.6 is 11.3 Å². The second-order valence-corrected chi connectivity index (χ2v) is 8.23. The van der Waals surface area contributed by atoms with E-state index in [0.717, 1.165) is 55.1 Å². The van der Waals surface area contributed by atoms with Crippen LogP contribution in [0.3, 0.4) is 0 Å². The highest BCUT2D eigenvalue weighted by molar-refractivity contribution is 7.09. The average molecular weight is 410 g/mol. The number of carbonyl (C=O) groups is 1. The van der Waals surface area contributed by atoms with E-state index in [1.807, 2.05) is 37.3 Å². The summed E-state index contributed by atoms with van der Waals surface area (Å²) in [6.07, 6.45) is 3.88. The topological polar surface area (TPSA) is 75.5 Å². The summed E-state index contributed by atoms with van der Waals surface area (Å²) in [5.74, 6) is 0.778. The van der Waals surface area contributed by atoms with Gasteiger partial charge in [-0.05, 0) is 25.1 Å². The fraction of sp³-hybridized carbons (Fsp3) is 0.333. The highest BCUT2D eigenvalue weighted by atomic mass is 32.1. The molecule has 150 valence electrons. The first-order valence-corrected chi connectivity index (χ1v) is 10.7. The fourth-order valence-electron chi connectivity index (χ4n) is 3.40. The van der Waals surface area contributed by atoms with Gasteiger partial charge in [0.1, 0.15) is 17.2 Å². The number of nitrogens with zero attached hydrogens (tertiary/aromatic N) is 4. The molecular weight excluding hydrogens is 384 g/mol. The van der Waals surface area contributed by atoms with E-state index in [9.17, 15) is 4.79 Å². The van der Waals surface area contributed by atoms with Gasteiger partial charge in [-0.1, -0.05) is 17.7 Å². The number of carbonyl (C=O) groups excluding carboxylic acids is 1. The van der Waals surface area contributed by atoms with Crippen LogP contribution in [0.5, 0.6) is 0 Å². The Bertz CT molecular complexity index is 935. The average Bonchev–Trinajstić information content (AvgIpc) is 3.17. The Morgan fingerprint density at radius 1 is 1.17 bits per heavy atom. The number of quaternary nitrogens is 1. The molecule has 2 N–H and O–H groups in total. The normalized spacial score (nSPS) is 14.7. The minimum atomic E-state index is -0.0291. The molecule has 0 bridgehead atoms. The number of thiazole rings is 1. The minimum Gasteiger partial charge on any atom is -0.330 e. The van der Waals surface area contributed by atoms with Gasteiger partial charge in [-0.3, -0.25) is 4.79 Å². The van der Waals surface area contributed by atoms with Crippen molar-refractivity contribution in [3.05, 3.63) is 64.4 Å². The molecular formula is C21H25N6OS+. The van der Waals surface area contributed by atoms with E-state index >= 15 is 0 Å². The van der Waals surface area contributed by atoms with E-state index in [1.165, 1.54) is 10.5 Å². The lowest BCUT2D eigenvalue weighted by Gasteiger charge is -2.31. The SMILES string of the molecule is Cc1ccc(NC(=O)Cc2nc(C[NH+]3CCN(c4ncccn4)CC3)cs2)cc1. The summed E-state index contributed by atoms with van der Waals surface area (Å²) in [4.78, 5) is 29.3. The Balaban J connectivity index is 1.25. The number of hydrogen-bond acceptors (Lipinski definition) is 6. The number of amides is 1. The summed E-state index contributed by atoms with van der Waals surface area (Å²) in [5.41, 5.74) is 3.06. The number of piperazine rings is 1. The third-order valence-electron chi connectivity index (χ3n) is 4.98. The summed E-state index contributed by atoms with van der Waals surface area (Å²) >= 11 is 1.56. The van der Waals surface area contributed by atoms with Crippen molar-refractivity contribution < 1.29 is 9.69 Å². The third kappa shape index (κ3) is 5.36. The smallest absolute Gasteiger partial charge is 0.231 e. The summed E-state index contributed by atoms with van der Waals surface area (Å²) in [6.45, 7) is 6.85. The Labute approximate surface area is 174 Å². The van der Waals surface area contributed by atoms with Crippen molar-refractivity contribution in [2.45, 2.75) is 19.9 Å². The minimum absolute atomic E-state index is 0.0291. The monoisotopic (exact) mass is 409 g/mol. The lowest BCUT2D eigenvalue weighted by atomic mass is 10.2. The fourth-order valence-corrected chi connectivity index (χ4v) is 4.19. The van der Waals surface area contributed by atoms with Gasteiger partial charge in [0.25, 0.3) is 0 Å². The third-order valence-corrected chi connectivity index (χ3v) is 5.88. The second kappa shape index (κ2) is 9.11. The molecule has 7 nitrogen and oxygen atoms in total. The van der Waals surface area contributed by atoms with Crippen molar-refractivity contribution in [1.29, 1.82) is 0 Å². The Hall–Kier alpha value is -2.84. The van der Waals surface area contributed by atoms with Crippen molar-refractivity contribution in [3.8, 4) is 0 Å². The molecule has 1 saturated heterocycles. The molecule has 0 aliphatic carbocycles. The molecule has 1 fully saturated rings. The van der Waals surface area contributed by atoms with Gasteiger partial charge in [0.2, 0.25) is 11.9 Å². The van der Waals surface area contributed by atoms with E-state index in [2.05, 4.69) is 30.5 Å². The van der Waals surface area contributed by atoms with Crippen LogP contribution in [0.1, 0.15) is 16.3 Å². The van der Waals surface area contributed by atoms with Crippen LogP contribution in [0.15, 0.2) is 48.1 Å². The quantitative estimate of drug-likeness (QED) is 0.642. The van der Waals surface area contributed by atoms with Gasteiger partial charge in [0, 0.05) is 23.5 Å². The van der Waals surface area contributed by atoms with Gasteiger partial charge in [0.05, 0.1) is 32.6 Å². The number of rotatable bonds is 6. The number of benzene rings is 1. The summed E-state index contributed by atoms with van der Waals surface area (Å²) < 4.78 is 0. The molecule has 0 radical (unpaired) electrons. The van der Waals surface area contributed by atoms with E-state index in [1.54, 1.807) is 23.7 Å². The molecule has 3 aromatic rings. The molecule has 29 heavy (non-hydrogen) atoms. The maximum absolute atomic E-state index is 12.3. The molecule has 8 heteroatoms. The van der Waals surface area contributed by atoms with Gasteiger partial charge < -0.3 is 15.1 Å². The summed E-state index contributed by atoms with van der Waals surface area (Å²) in [7, 11) is 0. The van der Waals surface area contributed by atoms with Crippen molar-refractivity contribution in [1.82, 2.24) is 15.0 Å². The predicted octanol–water partition coefficient (Wildman–Crippen LogP) is 1.33. The molecule has 0 unspecified atom stereocenters. The standard InChI is InChI=1S/C21H24N6OS/c1-16-3-5-17(6-4-16)24-19(28)13-20-25-18(15-29-20)14-26-9-11-27(12-10-26)21-22-7-2-8-23-21/h2-8,15H,9-14H2,1H3,(H,24,28)/p+1. The van der Waals surface area contributed by atoms with E-state index in [-0.39, 0.29) is 5.91 Å². The highest BCUT2D eigenvalue weighted by Crippen LogP contribution is 2.13. The first-order valence-electron chi connectivity index (χ1n) is 9.81. The number of nitrogens with one attached hydrogen (secondary N) is 2. The van der Waals surface area contributed by atoms with Crippen LogP contribution in [-0.2, 0) is 17.8 Å². The zero-order valence-electron chi connectivity index (χ0n) is 16.5. The highest BCUT2D eigenvalue weighted by Gasteiger charge is 2.22. The van der Waals surface area contributed by atoms with Crippen molar-refractivity contribution in [3.63, 3.8) is 0 Å². The van der Waals surface area contributed by atoms with Crippen LogP contribution < -0.4 is 15.1 Å². The van der Waals surface area contributed by atoms with Crippen LogP contribution in [-0.4, -0.2) is 47.0 Å². The Morgan fingerprint density at radius 2 is 1.90 bits per heavy atom. The molecule has 2 aromatic heterocycles. The zero-order valence-corrected chi connectivity index (χ0v) is 17.3. The maximum Gasteiger partial charge on any atom is 0.231 e. The number of hydrogen-bond donors (Lipinski definition) is 2. The van der Waals surface area contributed by atoms with Gasteiger partial charge in [-0.25, -0.2) is 15.0 Å². The predicted molar refractivity (Wildman–Crippen MR) is 114 cm³/mol. The van der Waals surface area contributed by atoms with E-state index in [4.69, 9.17) is 0 Å². The van der Waals surface area contributed by atoms with Crippen molar-refractivity contribution in [2.24, 2.45) is 0 Å². The van der Waals surface area contributed by atoms with E-state index in [0.29, 0.717) is 6.42 Å². The number of aromatic nitrogens is 3. The lowest BCUT2D eigenvalue weighted by Crippen LogP contribution is -3.13. The Morgan fingerprint density at radius 3 is 2.62 bits per heavy atom. The van der Waals surface area contributed by atoms with Gasteiger partial charge >= 0.3 is 0 Å². The Kier molecular flexibility index (Phi) is 6.12. The molecule has 0 atom stereocenters. The van der Waals surface area contributed by atoms with Crippen LogP contribution in [0, 0.1) is 6.92 Å². The first-order chi connectivity index (χ1) is 14.2. The molecule has 1 amide bonds.